The monoisotopic (exact) mass is 289 g/mol. The van der Waals surface area contributed by atoms with E-state index < -0.39 is 0 Å². The Kier molecular flexibility index (Phi) is 6.05. The van der Waals surface area contributed by atoms with Crippen LogP contribution in [0.2, 0.25) is 0 Å². The van der Waals surface area contributed by atoms with Gasteiger partial charge in [-0.3, -0.25) is 4.99 Å². The molecule has 2 rings (SSSR count). The molecule has 0 aliphatic heterocycles. The molecular weight excluding hydrogens is 262 g/mol. The summed E-state index contributed by atoms with van der Waals surface area (Å²) in [5.74, 6) is 1.65. The first-order valence-corrected chi connectivity index (χ1v) is 7.86. The summed E-state index contributed by atoms with van der Waals surface area (Å²) in [5, 5.41) is 6.83. The normalized spacial score (nSPS) is 21.2. The minimum atomic E-state index is 0.583. The third kappa shape index (κ3) is 5.05. The lowest BCUT2D eigenvalue weighted by Crippen LogP contribution is -2.38. The van der Waals surface area contributed by atoms with Crippen LogP contribution < -0.4 is 10.6 Å². The van der Waals surface area contributed by atoms with Crippen molar-refractivity contribution in [2.75, 3.05) is 13.7 Å². The molecule has 0 heterocycles. The zero-order chi connectivity index (χ0) is 15.1. The van der Waals surface area contributed by atoms with Crippen LogP contribution in [0.25, 0.3) is 0 Å². The molecule has 0 saturated heterocycles. The highest BCUT2D eigenvalue weighted by Gasteiger charge is 2.33. The summed E-state index contributed by atoms with van der Waals surface area (Å²) in [6.45, 7) is 6.64. The fraction of sp³-hybridized carbons (Fsp3) is 0.588. The average molecular weight is 289 g/mol. The third-order valence-electron chi connectivity index (χ3n) is 3.83. The first kappa shape index (κ1) is 15.8. The van der Waals surface area contributed by atoms with E-state index in [0.717, 1.165) is 31.4 Å². The van der Waals surface area contributed by atoms with Crippen LogP contribution in [0, 0.1) is 5.92 Å². The van der Waals surface area contributed by atoms with E-state index >= 15 is 0 Å². The number of nitrogens with zero attached hydrogens (tertiary/aromatic N) is 1. The molecule has 116 valence electrons. The summed E-state index contributed by atoms with van der Waals surface area (Å²) in [6, 6.07) is 8.99. The SMILES string of the molecule is CCCOCc1ccccc1CNC(=NC)NC1CC1C. The summed E-state index contributed by atoms with van der Waals surface area (Å²) in [5.41, 5.74) is 2.51. The zero-order valence-corrected chi connectivity index (χ0v) is 13.4. The summed E-state index contributed by atoms with van der Waals surface area (Å²) in [7, 11) is 1.82. The lowest BCUT2D eigenvalue weighted by atomic mass is 10.1. The fourth-order valence-corrected chi connectivity index (χ4v) is 2.27. The summed E-state index contributed by atoms with van der Waals surface area (Å²) in [6.07, 6.45) is 2.29. The van der Waals surface area contributed by atoms with Crippen LogP contribution in [0.1, 0.15) is 37.8 Å². The van der Waals surface area contributed by atoms with Gasteiger partial charge >= 0.3 is 0 Å². The predicted octanol–water partition coefficient (Wildman–Crippen LogP) is 2.69. The molecule has 0 amide bonds. The molecule has 2 atom stereocenters. The van der Waals surface area contributed by atoms with Crippen LogP contribution in [-0.4, -0.2) is 25.7 Å². The maximum absolute atomic E-state index is 5.66. The minimum Gasteiger partial charge on any atom is -0.377 e. The number of rotatable bonds is 7. The predicted molar refractivity (Wildman–Crippen MR) is 87.3 cm³/mol. The lowest BCUT2D eigenvalue weighted by molar-refractivity contribution is 0.121. The summed E-state index contributed by atoms with van der Waals surface area (Å²) in [4.78, 5) is 4.29. The molecule has 0 bridgehead atoms. The Morgan fingerprint density at radius 1 is 1.33 bits per heavy atom. The summed E-state index contributed by atoms with van der Waals surface area (Å²) < 4.78 is 5.66. The Labute approximate surface area is 128 Å². The van der Waals surface area contributed by atoms with Gasteiger partial charge in [0.2, 0.25) is 0 Å². The number of ether oxygens (including phenoxy) is 1. The Hall–Kier alpha value is -1.55. The molecule has 1 aromatic rings. The Balaban J connectivity index is 1.86. The van der Waals surface area contributed by atoms with Gasteiger partial charge in [-0.05, 0) is 29.9 Å². The van der Waals surface area contributed by atoms with Crippen LogP contribution in [0.15, 0.2) is 29.3 Å². The van der Waals surface area contributed by atoms with Crippen molar-refractivity contribution in [2.45, 2.75) is 45.9 Å². The van der Waals surface area contributed by atoms with E-state index in [1.165, 1.54) is 17.5 Å². The molecule has 4 heteroatoms. The van der Waals surface area contributed by atoms with Crippen molar-refractivity contribution in [1.82, 2.24) is 10.6 Å². The van der Waals surface area contributed by atoms with E-state index in [1.54, 1.807) is 0 Å². The van der Waals surface area contributed by atoms with Gasteiger partial charge in [-0.1, -0.05) is 38.1 Å². The molecule has 1 fully saturated rings. The number of hydrogen-bond donors (Lipinski definition) is 2. The summed E-state index contributed by atoms with van der Waals surface area (Å²) >= 11 is 0. The van der Waals surface area contributed by atoms with E-state index in [9.17, 15) is 0 Å². The maximum atomic E-state index is 5.66. The van der Waals surface area contributed by atoms with E-state index in [0.29, 0.717) is 12.6 Å². The van der Waals surface area contributed by atoms with Gasteiger partial charge in [0.15, 0.2) is 5.96 Å². The van der Waals surface area contributed by atoms with Crippen molar-refractivity contribution < 1.29 is 4.74 Å². The van der Waals surface area contributed by atoms with Crippen LogP contribution in [0.5, 0.6) is 0 Å². The van der Waals surface area contributed by atoms with Gasteiger partial charge in [-0.25, -0.2) is 0 Å². The number of aliphatic imine (C=N–C) groups is 1. The molecule has 0 spiro atoms. The van der Waals surface area contributed by atoms with E-state index in [4.69, 9.17) is 4.74 Å². The van der Waals surface area contributed by atoms with Gasteiger partial charge in [0.05, 0.1) is 6.61 Å². The minimum absolute atomic E-state index is 0.583. The highest BCUT2D eigenvalue weighted by molar-refractivity contribution is 5.80. The molecule has 2 unspecified atom stereocenters. The van der Waals surface area contributed by atoms with Crippen molar-refractivity contribution in [3.8, 4) is 0 Å². The first-order valence-electron chi connectivity index (χ1n) is 7.86. The van der Waals surface area contributed by atoms with Gasteiger partial charge in [0, 0.05) is 26.2 Å². The molecule has 0 radical (unpaired) electrons. The standard InChI is InChI=1S/C17H27N3O/c1-4-9-21-12-15-8-6-5-7-14(15)11-19-17(18-3)20-16-10-13(16)2/h5-8,13,16H,4,9-12H2,1-3H3,(H2,18,19,20). The number of benzene rings is 1. The number of hydrogen-bond acceptors (Lipinski definition) is 2. The smallest absolute Gasteiger partial charge is 0.191 e. The fourth-order valence-electron chi connectivity index (χ4n) is 2.27. The molecule has 1 aliphatic rings. The Morgan fingerprint density at radius 2 is 2.05 bits per heavy atom. The molecular formula is C17H27N3O. The van der Waals surface area contributed by atoms with E-state index in [-0.39, 0.29) is 0 Å². The van der Waals surface area contributed by atoms with Gasteiger partial charge in [0.25, 0.3) is 0 Å². The lowest BCUT2D eigenvalue weighted by Gasteiger charge is -2.14. The Bertz CT molecular complexity index is 473. The third-order valence-corrected chi connectivity index (χ3v) is 3.83. The number of guanidine groups is 1. The highest BCUT2D eigenvalue weighted by Crippen LogP contribution is 2.28. The molecule has 1 aliphatic carbocycles. The van der Waals surface area contributed by atoms with E-state index in [2.05, 4.69) is 53.7 Å². The molecule has 4 nitrogen and oxygen atoms in total. The van der Waals surface area contributed by atoms with Crippen molar-refractivity contribution >= 4 is 5.96 Å². The highest BCUT2D eigenvalue weighted by atomic mass is 16.5. The molecule has 1 saturated carbocycles. The second-order valence-corrected chi connectivity index (χ2v) is 5.71. The van der Waals surface area contributed by atoms with Crippen LogP contribution in [0.3, 0.4) is 0 Å². The average Bonchev–Trinajstić information content (AvgIpc) is 3.20. The van der Waals surface area contributed by atoms with Crippen molar-refractivity contribution in [3.05, 3.63) is 35.4 Å². The first-order chi connectivity index (χ1) is 10.2. The molecule has 2 N–H and O–H groups in total. The quantitative estimate of drug-likeness (QED) is 0.461. The van der Waals surface area contributed by atoms with Crippen molar-refractivity contribution in [2.24, 2.45) is 10.9 Å². The van der Waals surface area contributed by atoms with Gasteiger partial charge in [-0.2, -0.15) is 0 Å². The molecule has 0 aromatic heterocycles. The maximum Gasteiger partial charge on any atom is 0.191 e. The van der Waals surface area contributed by atoms with Crippen molar-refractivity contribution in [1.29, 1.82) is 0 Å². The van der Waals surface area contributed by atoms with Gasteiger partial charge in [-0.15, -0.1) is 0 Å². The second kappa shape index (κ2) is 8.03. The topological polar surface area (TPSA) is 45.6 Å². The largest absolute Gasteiger partial charge is 0.377 e. The second-order valence-electron chi connectivity index (χ2n) is 5.71. The van der Waals surface area contributed by atoms with Crippen LogP contribution >= 0.6 is 0 Å². The molecule has 1 aromatic carbocycles. The number of nitrogens with one attached hydrogen (secondary N) is 2. The van der Waals surface area contributed by atoms with Gasteiger partial charge in [0.1, 0.15) is 0 Å². The van der Waals surface area contributed by atoms with Crippen LogP contribution in [0.4, 0.5) is 0 Å². The van der Waals surface area contributed by atoms with Crippen LogP contribution in [-0.2, 0) is 17.9 Å². The Morgan fingerprint density at radius 3 is 2.67 bits per heavy atom. The zero-order valence-electron chi connectivity index (χ0n) is 13.4. The van der Waals surface area contributed by atoms with Crippen molar-refractivity contribution in [3.63, 3.8) is 0 Å². The molecule has 21 heavy (non-hydrogen) atoms. The van der Waals surface area contributed by atoms with Gasteiger partial charge < -0.3 is 15.4 Å². The van der Waals surface area contributed by atoms with E-state index in [1.807, 2.05) is 7.05 Å².